The molecule has 1 saturated heterocycles. The highest BCUT2D eigenvalue weighted by molar-refractivity contribution is 7.89. The molecule has 1 N–H and O–H groups in total. The van der Waals surface area contributed by atoms with E-state index in [1.807, 2.05) is 19.1 Å². The fourth-order valence-corrected chi connectivity index (χ4v) is 4.47. The number of carbonyl (C=O) groups excluding carboxylic acids is 1. The first-order valence-electron chi connectivity index (χ1n) is 8.80. The van der Waals surface area contributed by atoms with Crippen LogP contribution in [0.3, 0.4) is 0 Å². The second-order valence-corrected chi connectivity index (χ2v) is 8.38. The van der Waals surface area contributed by atoms with Crippen LogP contribution >= 0.6 is 0 Å². The third kappa shape index (κ3) is 3.94. The Morgan fingerprint density at radius 1 is 1.27 bits per heavy atom. The van der Waals surface area contributed by atoms with Gasteiger partial charge in [-0.3, -0.25) is 9.78 Å². The van der Waals surface area contributed by atoms with Gasteiger partial charge < -0.3 is 5.32 Å². The van der Waals surface area contributed by atoms with Crippen LogP contribution in [0.5, 0.6) is 0 Å². The van der Waals surface area contributed by atoms with Gasteiger partial charge in [-0.25, -0.2) is 8.42 Å². The molecule has 0 saturated carbocycles. The van der Waals surface area contributed by atoms with Crippen molar-refractivity contribution in [3.05, 3.63) is 59.9 Å². The quantitative estimate of drug-likeness (QED) is 0.756. The topological polar surface area (TPSA) is 79.4 Å². The Balaban J connectivity index is 1.68. The second-order valence-electron chi connectivity index (χ2n) is 6.44. The summed E-state index contributed by atoms with van der Waals surface area (Å²) in [7, 11) is -3.59. The van der Waals surface area contributed by atoms with E-state index in [-0.39, 0.29) is 16.7 Å². The molecule has 1 aromatic carbocycles. The zero-order chi connectivity index (χ0) is 18.6. The predicted octanol–water partition coefficient (Wildman–Crippen LogP) is 2.40. The first kappa shape index (κ1) is 18.5. The minimum absolute atomic E-state index is 0.158. The largest absolute Gasteiger partial charge is 0.352 e. The highest BCUT2D eigenvalue weighted by atomic mass is 32.2. The van der Waals surface area contributed by atoms with Gasteiger partial charge in [0.15, 0.2) is 0 Å². The molecule has 0 aliphatic carbocycles. The number of hydrogen-bond donors (Lipinski definition) is 1. The Kier molecular flexibility index (Phi) is 5.68. The third-order valence-corrected chi connectivity index (χ3v) is 6.38. The van der Waals surface area contributed by atoms with Crippen LogP contribution in [-0.4, -0.2) is 43.2 Å². The van der Waals surface area contributed by atoms with Crippen molar-refractivity contribution in [2.24, 2.45) is 0 Å². The van der Waals surface area contributed by atoms with E-state index in [0.29, 0.717) is 25.2 Å². The molecule has 1 fully saturated rings. The third-order valence-electron chi connectivity index (χ3n) is 4.55. The lowest BCUT2D eigenvalue weighted by molar-refractivity contribution is 0.0953. The maximum atomic E-state index is 12.8. The maximum absolute atomic E-state index is 12.8. The monoisotopic (exact) mass is 373 g/mol. The van der Waals surface area contributed by atoms with E-state index in [1.165, 1.54) is 16.4 Å². The summed E-state index contributed by atoms with van der Waals surface area (Å²) < 4.78 is 27.1. The molecule has 2 heterocycles. The molecule has 7 heteroatoms. The van der Waals surface area contributed by atoms with E-state index >= 15 is 0 Å². The molecule has 0 unspecified atom stereocenters. The molecule has 0 radical (unpaired) electrons. The number of rotatable bonds is 7. The Bertz CT molecular complexity index is 863. The number of aromatic nitrogens is 1. The molecule has 1 aromatic heterocycles. The fraction of sp³-hybridized carbons (Fsp3) is 0.368. The summed E-state index contributed by atoms with van der Waals surface area (Å²) in [5, 5.41) is 2.81. The summed E-state index contributed by atoms with van der Waals surface area (Å²) >= 11 is 0. The number of benzene rings is 1. The molecular weight excluding hydrogens is 350 g/mol. The van der Waals surface area contributed by atoms with Gasteiger partial charge in [-0.1, -0.05) is 25.5 Å². The SMILES string of the molecule is CCCCNC(=O)c1cccc(S(=O)(=O)N2CC(c3cccnc3)C2)c1. The predicted molar refractivity (Wildman–Crippen MR) is 99.4 cm³/mol. The first-order chi connectivity index (χ1) is 12.5. The number of hydrogen-bond acceptors (Lipinski definition) is 4. The van der Waals surface area contributed by atoms with Gasteiger partial charge in [0.05, 0.1) is 4.90 Å². The minimum atomic E-state index is -3.59. The Hall–Kier alpha value is -2.25. The molecular formula is C19H23N3O3S. The van der Waals surface area contributed by atoms with E-state index in [0.717, 1.165) is 18.4 Å². The molecule has 3 rings (SSSR count). The molecule has 2 aromatic rings. The van der Waals surface area contributed by atoms with Gasteiger partial charge >= 0.3 is 0 Å². The normalized spacial score (nSPS) is 15.4. The van der Waals surface area contributed by atoms with Crippen LogP contribution in [-0.2, 0) is 10.0 Å². The average molecular weight is 373 g/mol. The van der Waals surface area contributed by atoms with Crippen molar-refractivity contribution in [3.63, 3.8) is 0 Å². The first-order valence-corrected chi connectivity index (χ1v) is 10.2. The number of unbranched alkanes of at least 4 members (excludes halogenated alkanes) is 1. The molecule has 26 heavy (non-hydrogen) atoms. The van der Waals surface area contributed by atoms with Crippen LogP contribution in [0.1, 0.15) is 41.6 Å². The summed E-state index contributed by atoms with van der Waals surface area (Å²) in [6.45, 7) is 3.50. The van der Waals surface area contributed by atoms with Gasteiger partial charge in [0.1, 0.15) is 0 Å². The standard InChI is InChI=1S/C19H23N3O3S/c1-2-3-10-21-19(23)15-6-4-8-18(11-15)26(24,25)22-13-17(14-22)16-7-5-9-20-12-16/h4-9,11-12,17H,2-3,10,13-14H2,1H3,(H,21,23). The fourth-order valence-electron chi connectivity index (χ4n) is 2.89. The molecule has 0 atom stereocenters. The maximum Gasteiger partial charge on any atom is 0.251 e. The molecule has 138 valence electrons. The number of pyridine rings is 1. The summed E-state index contributed by atoms with van der Waals surface area (Å²) in [6.07, 6.45) is 5.36. The zero-order valence-electron chi connectivity index (χ0n) is 14.8. The summed E-state index contributed by atoms with van der Waals surface area (Å²) in [6, 6.07) is 10.1. The van der Waals surface area contributed by atoms with Crippen molar-refractivity contribution >= 4 is 15.9 Å². The van der Waals surface area contributed by atoms with Gasteiger partial charge in [0.2, 0.25) is 10.0 Å². The average Bonchev–Trinajstić information content (AvgIpc) is 2.61. The summed E-state index contributed by atoms with van der Waals surface area (Å²) in [5.74, 6) is -0.0775. The summed E-state index contributed by atoms with van der Waals surface area (Å²) in [4.78, 5) is 16.4. The molecule has 0 spiro atoms. The smallest absolute Gasteiger partial charge is 0.251 e. The van der Waals surface area contributed by atoms with Crippen LogP contribution in [0.25, 0.3) is 0 Å². The van der Waals surface area contributed by atoms with Gasteiger partial charge in [-0.05, 0) is 36.2 Å². The number of nitrogens with one attached hydrogen (secondary N) is 1. The van der Waals surface area contributed by atoms with Gasteiger partial charge in [-0.15, -0.1) is 0 Å². The van der Waals surface area contributed by atoms with Crippen LogP contribution in [0.2, 0.25) is 0 Å². The molecule has 1 aliphatic rings. The molecule has 0 bridgehead atoms. The van der Waals surface area contributed by atoms with E-state index < -0.39 is 10.0 Å². The minimum Gasteiger partial charge on any atom is -0.352 e. The Labute approximate surface area is 154 Å². The van der Waals surface area contributed by atoms with Gasteiger partial charge in [0.25, 0.3) is 5.91 Å². The number of amides is 1. The van der Waals surface area contributed by atoms with E-state index in [1.54, 1.807) is 24.5 Å². The van der Waals surface area contributed by atoms with Crippen LogP contribution in [0.15, 0.2) is 53.7 Å². The van der Waals surface area contributed by atoms with Crippen molar-refractivity contribution in [2.45, 2.75) is 30.6 Å². The lowest BCUT2D eigenvalue weighted by atomic mass is 9.95. The molecule has 1 aliphatic heterocycles. The van der Waals surface area contributed by atoms with E-state index in [2.05, 4.69) is 10.3 Å². The van der Waals surface area contributed by atoms with Gasteiger partial charge in [0, 0.05) is 43.5 Å². The van der Waals surface area contributed by atoms with Crippen molar-refractivity contribution in [3.8, 4) is 0 Å². The lowest BCUT2D eigenvalue weighted by Gasteiger charge is -2.38. The van der Waals surface area contributed by atoms with Crippen molar-refractivity contribution < 1.29 is 13.2 Å². The highest BCUT2D eigenvalue weighted by Crippen LogP contribution is 2.31. The lowest BCUT2D eigenvalue weighted by Crippen LogP contribution is -2.48. The molecule has 1 amide bonds. The zero-order valence-corrected chi connectivity index (χ0v) is 15.6. The second kappa shape index (κ2) is 7.97. The van der Waals surface area contributed by atoms with Crippen molar-refractivity contribution in [1.82, 2.24) is 14.6 Å². The van der Waals surface area contributed by atoms with Crippen LogP contribution in [0, 0.1) is 0 Å². The van der Waals surface area contributed by atoms with E-state index in [4.69, 9.17) is 0 Å². The van der Waals surface area contributed by atoms with Crippen LogP contribution < -0.4 is 5.32 Å². The number of nitrogens with zero attached hydrogens (tertiary/aromatic N) is 2. The van der Waals surface area contributed by atoms with Crippen molar-refractivity contribution in [2.75, 3.05) is 19.6 Å². The van der Waals surface area contributed by atoms with Crippen LogP contribution in [0.4, 0.5) is 0 Å². The number of sulfonamides is 1. The van der Waals surface area contributed by atoms with Gasteiger partial charge in [-0.2, -0.15) is 4.31 Å². The highest BCUT2D eigenvalue weighted by Gasteiger charge is 2.37. The Morgan fingerprint density at radius 2 is 2.08 bits per heavy atom. The Morgan fingerprint density at radius 3 is 2.77 bits per heavy atom. The van der Waals surface area contributed by atoms with E-state index in [9.17, 15) is 13.2 Å². The number of carbonyl (C=O) groups is 1. The van der Waals surface area contributed by atoms with Crippen molar-refractivity contribution in [1.29, 1.82) is 0 Å². The molecule has 6 nitrogen and oxygen atoms in total. The summed E-state index contributed by atoms with van der Waals surface area (Å²) in [5.41, 5.74) is 1.41.